The normalized spacial score (nSPS) is 11.0. The maximum atomic E-state index is 11.5. The number of hydrogen-bond donors (Lipinski definition) is 3. The zero-order valence-corrected chi connectivity index (χ0v) is 11.8. The summed E-state index contributed by atoms with van der Waals surface area (Å²) in [5.74, 6) is 1.75. The van der Waals surface area contributed by atoms with Gasteiger partial charge < -0.3 is 20.5 Å². The third-order valence-corrected chi connectivity index (χ3v) is 2.57. The Morgan fingerprint density at radius 1 is 1.48 bits per heavy atom. The minimum atomic E-state index is -1.17. The zero-order chi connectivity index (χ0) is 15.7. The zero-order valence-electron chi connectivity index (χ0n) is 11.8. The number of nitrogens with one attached hydrogen (secondary N) is 2. The summed E-state index contributed by atoms with van der Waals surface area (Å²) in [4.78, 5) is 22.3. The summed E-state index contributed by atoms with van der Waals surface area (Å²) in [7, 11) is 0. The topological polar surface area (TPSA) is 87.7 Å². The molecular formula is C15H18N2O4. The van der Waals surface area contributed by atoms with Gasteiger partial charge in [0.1, 0.15) is 18.4 Å². The molecule has 0 saturated carbocycles. The van der Waals surface area contributed by atoms with E-state index in [-0.39, 0.29) is 19.6 Å². The van der Waals surface area contributed by atoms with E-state index in [0.717, 1.165) is 5.56 Å². The Bertz CT molecular complexity index is 537. The van der Waals surface area contributed by atoms with Gasteiger partial charge in [-0.3, -0.25) is 0 Å². The molecule has 0 aliphatic rings. The highest BCUT2D eigenvalue weighted by molar-refractivity contribution is 5.82. The Morgan fingerprint density at radius 2 is 2.24 bits per heavy atom. The average Bonchev–Trinajstić information content (AvgIpc) is 2.43. The van der Waals surface area contributed by atoms with Crippen LogP contribution in [0, 0.1) is 19.3 Å². The lowest BCUT2D eigenvalue weighted by molar-refractivity contribution is -0.139. The number of ether oxygens (including phenoxy) is 1. The maximum Gasteiger partial charge on any atom is 0.327 e. The highest BCUT2D eigenvalue weighted by atomic mass is 16.5. The molecule has 1 rings (SSSR count). The van der Waals surface area contributed by atoms with E-state index in [1.54, 1.807) is 0 Å². The van der Waals surface area contributed by atoms with Crippen molar-refractivity contribution in [3.05, 3.63) is 29.8 Å². The number of carboxylic acids is 1. The molecular weight excluding hydrogens is 272 g/mol. The van der Waals surface area contributed by atoms with Crippen molar-refractivity contribution in [1.29, 1.82) is 0 Å². The number of terminal acetylenes is 1. The van der Waals surface area contributed by atoms with Crippen LogP contribution in [0.5, 0.6) is 5.75 Å². The molecule has 6 heteroatoms. The number of aryl methyl sites for hydroxylation is 1. The molecule has 3 N–H and O–H groups in total. The smallest absolute Gasteiger partial charge is 0.327 e. The summed E-state index contributed by atoms with van der Waals surface area (Å²) >= 11 is 0. The first-order valence-corrected chi connectivity index (χ1v) is 6.43. The minimum absolute atomic E-state index is 0.0669. The monoisotopic (exact) mass is 290 g/mol. The van der Waals surface area contributed by atoms with Gasteiger partial charge in [0, 0.05) is 6.42 Å². The quantitative estimate of drug-likeness (QED) is 0.519. The van der Waals surface area contributed by atoms with Gasteiger partial charge in [0.2, 0.25) is 0 Å². The second-order valence-electron chi connectivity index (χ2n) is 4.36. The average molecular weight is 290 g/mol. The lowest BCUT2D eigenvalue weighted by atomic mass is 10.2. The number of carboxylic acid groups (broad SMARTS) is 1. The molecule has 1 aromatic carbocycles. The predicted molar refractivity (Wildman–Crippen MR) is 78.1 cm³/mol. The molecule has 0 aromatic heterocycles. The Morgan fingerprint density at radius 3 is 2.86 bits per heavy atom. The van der Waals surface area contributed by atoms with Crippen LogP contribution in [0.2, 0.25) is 0 Å². The fraction of sp³-hybridized carbons (Fsp3) is 0.333. The highest BCUT2D eigenvalue weighted by Gasteiger charge is 2.18. The fourth-order valence-corrected chi connectivity index (χ4v) is 1.57. The maximum absolute atomic E-state index is 11.5. The molecule has 0 radical (unpaired) electrons. The highest BCUT2D eigenvalue weighted by Crippen LogP contribution is 2.11. The minimum Gasteiger partial charge on any atom is -0.492 e. The standard InChI is InChI=1S/C15H18N2O4/c1-3-5-13(14(18)19)17-15(20)16-8-9-21-12-7-4-6-11(2)10-12/h1,4,6-7,10,13H,5,8-9H2,2H3,(H,18,19)(H2,16,17,20). The molecule has 1 unspecified atom stereocenters. The van der Waals surface area contributed by atoms with E-state index in [0.29, 0.717) is 5.75 Å². The van der Waals surface area contributed by atoms with Crippen LogP contribution in [0.4, 0.5) is 4.79 Å². The number of rotatable bonds is 7. The van der Waals surface area contributed by atoms with Gasteiger partial charge in [-0.25, -0.2) is 9.59 Å². The summed E-state index contributed by atoms with van der Waals surface area (Å²) in [5, 5.41) is 13.6. The van der Waals surface area contributed by atoms with Crippen LogP contribution in [-0.2, 0) is 4.79 Å². The molecule has 1 aromatic rings. The van der Waals surface area contributed by atoms with Crippen LogP contribution in [0.25, 0.3) is 0 Å². The first-order valence-electron chi connectivity index (χ1n) is 6.43. The van der Waals surface area contributed by atoms with Crippen molar-refractivity contribution in [2.75, 3.05) is 13.2 Å². The van der Waals surface area contributed by atoms with E-state index in [9.17, 15) is 9.59 Å². The van der Waals surface area contributed by atoms with Crippen LogP contribution in [0.1, 0.15) is 12.0 Å². The second kappa shape index (κ2) is 8.48. The third kappa shape index (κ3) is 6.34. The van der Waals surface area contributed by atoms with Gasteiger partial charge in [-0.15, -0.1) is 12.3 Å². The van der Waals surface area contributed by atoms with Crippen LogP contribution >= 0.6 is 0 Å². The number of hydrogen-bond acceptors (Lipinski definition) is 3. The van der Waals surface area contributed by atoms with Gasteiger partial charge in [0.15, 0.2) is 0 Å². The summed E-state index contributed by atoms with van der Waals surface area (Å²) in [5.41, 5.74) is 1.08. The van der Waals surface area contributed by atoms with Crippen molar-refractivity contribution in [3.63, 3.8) is 0 Å². The Hall–Kier alpha value is -2.68. The van der Waals surface area contributed by atoms with E-state index in [2.05, 4.69) is 16.6 Å². The van der Waals surface area contributed by atoms with Crippen molar-refractivity contribution in [1.82, 2.24) is 10.6 Å². The van der Waals surface area contributed by atoms with Crippen molar-refractivity contribution in [2.45, 2.75) is 19.4 Å². The molecule has 0 bridgehead atoms. The van der Waals surface area contributed by atoms with Crippen molar-refractivity contribution in [2.24, 2.45) is 0 Å². The molecule has 0 fully saturated rings. The summed E-state index contributed by atoms with van der Waals surface area (Å²) < 4.78 is 5.45. The fourth-order valence-electron chi connectivity index (χ4n) is 1.57. The molecule has 2 amide bonds. The van der Waals surface area contributed by atoms with Gasteiger partial charge in [-0.1, -0.05) is 12.1 Å². The molecule has 21 heavy (non-hydrogen) atoms. The van der Waals surface area contributed by atoms with Crippen molar-refractivity contribution < 1.29 is 19.4 Å². The number of benzene rings is 1. The number of amides is 2. The van der Waals surface area contributed by atoms with Gasteiger partial charge in [-0.2, -0.15) is 0 Å². The van der Waals surface area contributed by atoms with E-state index in [1.807, 2.05) is 31.2 Å². The number of urea groups is 1. The lowest BCUT2D eigenvalue weighted by Crippen LogP contribution is -2.46. The van der Waals surface area contributed by atoms with Gasteiger partial charge in [0.05, 0.1) is 6.54 Å². The SMILES string of the molecule is C#CCC(NC(=O)NCCOc1cccc(C)c1)C(=O)O. The Labute approximate surface area is 123 Å². The van der Waals surface area contributed by atoms with E-state index in [1.165, 1.54) is 0 Å². The van der Waals surface area contributed by atoms with E-state index >= 15 is 0 Å². The first-order chi connectivity index (χ1) is 10.0. The molecule has 1 atom stereocenters. The van der Waals surface area contributed by atoms with Crippen LogP contribution in [0.3, 0.4) is 0 Å². The largest absolute Gasteiger partial charge is 0.492 e. The van der Waals surface area contributed by atoms with Crippen molar-refractivity contribution in [3.8, 4) is 18.1 Å². The first kappa shape index (κ1) is 16.4. The molecule has 0 spiro atoms. The van der Waals surface area contributed by atoms with Crippen molar-refractivity contribution >= 4 is 12.0 Å². The molecule has 112 valence electrons. The van der Waals surface area contributed by atoms with Gasteiger partial charge in [0.25, 0.3) is 0 Å². The van der Waals surface area contributed by atoms with Gasteiger partial charge >= 0.3 is 12.0 Å². The lowest BCUT2D eigenvalue weighted by Gasteiger charge is -2.13. The number of aliphatic carboxylic acids is 1. The van der Waals surface area contributed by atoms with E-state index < -0.39 is 18.0 Å². The number of carbonyl (C=O) groups is 2. The summed E-state index contributed by atoms with van der Waals surface area (Å²) in [6.45, 7) is 2.49. The Balaban J connectivity index is 2.27. The molecule has 0 heterocycles. The summed E-state index contributed by atoms with van der Waals surface area (Å²) in [6.07, 6.45) is 4.97. The van der Waals surface area contributed by atoms with E-state index in [4.69, 9.17) is 16.3 Å². The Kier molecular flexibility index (Phi) is 6.61. The number of carbonyl (C=O) groups excluding carboxylic acids is 1. The third-order valence-electron chi connectivity index (χ3n) is 2.57. The van der Waals surface area contributed by atoms with Crippen LogP contribution in [0.15, 0.2) is 24.3 Å². The summed E-state index contributed by atoms with van der Waals surface area (Å²) in [6, 6.07) is 5.85. The van der Waals surface area contributed by atoms with Crippen LogP contribution < -0.4 is 15.4 Å². The molecule has 0 aliphatic carbocycles. The molecule has 6 nitrogen and oxygen atoms in total. The second-order valence-corrected chi connectivity index (χ2v) is 4.36. The molecule has 0 saturated heterocycles. The van der Waals surface area contributed by atoms with Gasteiger partial charge in [-0.05, 0) is 24.6 Å². The predicted octanol–water partition coefficient (Wildman–Crippen LogP) is 1.15. The molecule has 0 aliphatic heterocycles. The van der Waals surface area contributed by atoms with Crippen LogP contribution in [-0.4, -0.2) is 36.3 Å².